The third-order valence-electron chi connectivity index (χ3n) is 8.10. The molecule has 0 N–H and O–H groups in total. The lowest BCUT2D eigenvalue weighted by molar-refractivity contribution is -0.145. The minimum absolute atomic E-state index is 0.221. The molecule has 1 aliphatic carbocycles. The van der Waals surface area contributed by atoms with Gasteiger partial charge in [0.1, 0.15) is 0 Å². The molecule has 0 heterocycles. The van der Waals surface area contributed by atoms with Crippen molar-refractivity contribution in [3.05, 3.63) is 119 Å². The van der Waals surface area contributed by atoms with Crippen LogP contribution in [0.2, 0.25) is 0 Å². The molecule has 0 fully saturated rings. The Morgan fingerprint density at radius 1 is 0.590 bits per heavy atom. The van der Waals surface area contributed by atoms with Gasteiger partial charge >= 0.3 is 11.9 Å². The summed E-state index contributed by atoms with van der Waals surface area (Å²) < 4.78 is 10.2. The molecule has 4 nitrogen and oxygen atoms in total. The molecule has 0 aromatic heterocycles. The van der Waals surface area contributed by atoms with Crippen molar-refractivity contribution in [2.45, 2.75) is 32.1 Å². The van der Waals surface area contributed by atoms with Crippen LogP contribution in [-0.4, -0.2) is 26.2 Å². The predicted molar refractivity (Wildman–Crippen MR) is 154 cm³/mol. The van der Waals surface area contributed by atoms with Gasteiger partial charge in [0.05, 0.1) is 26.1 Å². The van der Waals surface area contributed by atoms with E-state index in [0.29, 0.717) is 12.8 Å². The van der Waals surface area contributed by atoms with E-state index >= 15 is 0 Å². The van der Waals surface area contributed by atoms with Crippen LogP contribution in [0.15, 0.2) is 97.1 Å². The Hall–Kier alpha value is -4.18. The maximum absolute atomic E-state index is 12.9. The molecule has 4 heteroatoms. The Balaban J connectivity index is 1.78. The summed E-state index contributed by atoms with van der Waals surface area (Å²) in [6.07, 6.45) is 1.13. The Labute approximate surface area is 230 Å². The zero-order valence-electron chi connectivity index (χ0n) is 22.9. The lowest BCUT2D eigenvalue weighted by Crippen LogP contribution is -2.32. The molecule has 0 amide bonds. The van der Waals surface area contributed by atoms with Crippen LogP contribution in [-0.2, 0) is 30.9 Å². The van der Waals surface area contributed by atoms with Gasteiger partial charge in [0.25, 0.3) is 0 Å². The van der Waals surface area contributed by atoms with Gasteiger partial charge in [0, 0.05) is 5.41 Å². The number of hydrogen-bond donors (Lipinski definition) is 0. The monoisotopic (exact) mass is 518 g/mol. The Kier molecular flexibility index (Phi) is 7.38. The van der Waals surface area contributed by atoms with Gasteiger partial charge in [-0.2, -0.15) is 0 Å². The van der Waals surface area contributed by atoms with Crippen molar-refractivity contribution in [1.29, 1.82) is 0 Å². The fourth-order valence-corrected chi connectivity index (χ4v) is 6.35. The first kappa shape index (κ1) is 26.4. The van der Waals surface area contributed by atoms with E-state index in [2.05, 4.69) is 84.9 Å². The number of carbonyl (C=O) groups excluding carboxylic acids is 2. The maximum atomic E-state index is 12.9. The third-order valence-corrected chi connectivity index (χ3v) is 8.10. The quantitative estimate of drug-likeness (QED) is 0.231. The van der Waals surface area contributed by atoms with Gasteiger partial charge in [0.15, 0.2) is 0 Å². The summed E-state index contributed by atoms with van der Waals surface area (Å²) >= 11 is 0. The highest BCUT2D eigenvalue weighted by Gasteiger charge is 2.47. The third kappa shape index (κ3) is 4.54. The maximum Gasteiger partial charge on any atom is 0.308 e. The van der Waals surface area contributed by atoms with Crippen LogP contribution in [0.1, 0.15) is 42.5 Å². The lowest BCUT2D eigenvalue weighted by Gasteiger charge is -2.36. The van der Waals surface area contributed by atoms with Gasteiger partial charge in [-0.15, -0.1) is 0 Å². The van der Waals surface area contributed by atoms with E-state index in [1.807, 2.05) is 26.0 Å². The number of methoxy groups -OCH3 is 2. The van der Waals surface area contributed by atoms with E-state index < -0.39 is 5.41 Å². The number of carbonyl (C=O) groups is 2. The predicted octanol–water partition coefficient (Wildman–Crippen LogP) is 7.22. The Morgan fingerprint density at radius 3 is 1.46 bits per heavy atom. The number of rotatable bonds is 8. The molecule has 1 aliphatic rings. The molecule has 2 atom stereocenters. The first-order chi connectivity index (χ1) is 18.9. The minimum Gasteiger partial charge on any atom is -0.469 e. The summed E-state index contributed by atoms with van der Waals surface area (Å²) in [5.74, 6) is -1.05. The number of ether oxygens (including phenoxy) is 2. The molecular formula is C35H34O4. The van der Waals surface area contributed by atoms with Gasteiger partial charge < -0.3 is 9.47 Å². The van der Waals surface area contributed by atoms with E-state index in [4.69, 9.17) is 9.47 Å². The molecule has 198 valence electrons. The summed E-state index contributed by atoms with van der Waals surface area (Å²) in [6.45, 7) is 3.85. The fourth-order valence-electron chi connectivity index (χ4n) is 6.35. The van der Waals surface area contributed by atoms with Crippen molar-refractivity contribution in [2.24, 2.45) is 11.8 Å². The van der Waals surface area contributed by atoms with E-state index in [9.17, 15) is 9.59 Å². The smallest absolute Gasteiger partial charge is 0.308 e. The second kappa shape index (κ2) is 10.9. The summed E-state index contributed by atoms with van der Waals surface area (Å²) in [5.41, 5.74) is 8.57. The first-order valence-electron chi connectivity index (χ1n) is 13.4. The average molecular weight is 519 g/mol. The molecule has 0 spiro atoms. The van der Waals surface area contributed by atoms with Gasteiger partial charge in [0.2, 0.25) is 0 Å². The van der Waals surface area contributed by atoms with Gasteiger partial charge in [-0.3, -0.25) is 9.59 Å². The van der Waals surface area contributed by atoms with Gasteiger partial charge in [-0.05, 0) is 57.3 Å². The van der Waals surface area contributed by atoms with Crippen LogP contribution in [0.3, 0.4) is 0 Å². The molecule has 5 rings (SSSR count). The van der Waals surface area contributed by atoms with Crippen molar-refractivity contribution in [3.63, 3.8) is 0 Å². The Bertz CT molecular complexity index is 1470. The van der Waals surface area contributed by atoms with E-state index in [1.165, 1.54) is 36.5 Å². The van der Waals surface area contributed by atoms with Crippen molar-refractivity contribution >= 4 is 11.9 Å². The zero-order chi connectivity index (χ0) is 27.6. The summed E-state index contributed by atoms with van der Waals surface area (Å²) in [7, 11) is 2.88. The first-order valence-corrected chi connectivity index (χ1v) is 13.4. The van der Waals surface area contributed by atoms with Crippen molar-refractivity contribution < 1.29 is 19.1 Å². The van der Waals surface area contributed by atoms with Gasteiger partial charge in [-0.25, -0.2) is 0 Å². The summed E-state index contributed by atoms with van der Waals surface area (Å²) in [5, 5.41) is 0. The molecule has 0 bridgehead atoms. The van der Waals surface area contributed by atoms with Crippen molar-refractivity contribution in [2.75, 3.05) is 14.2 Å². The summed E-state index contributed by atoms with van der Waals surface area (Å²) in [6, 6.07) is 33.8. The molecular weight excluding hydrogens is 484 g/mol. The largest absolute Gasteiger partial charge is 0.469 e. The number of esters is 2. The number of benzene rings is 4. The van der Waals surface area contributed by atoms with Crippen LogP contribution < -0.4 is 0 Å². The standard InChI is InChI=1S/C35H34O4/c1-23(33(36)38-3)21-25-13-5-6-14-26(25)27-15-7-10-18-30(27)35(22-24(2)34(37)39-4)31-19-11-8-16-28(31)29-17-9-12-20-32(29)35/h5-20,23-24H,21-22H2,1-4H3. The van der Waals surface area contributed by atoms with Gasteiger partial charge in [-0.1, -0.05) is 111 Å². The second-order valence-electron chi connectivity index (χ2n) is 10.5. The molecule has 0 saturated carbocycles. The molecule has 39 heavy (non-hydrogen) atoms. The highest BCUT2D eigenvalue weighted by atomic mass is 16.5. The van der Waals surface area contributed by atoms with Crippen LogP contribution in [0.4, 0.5) is 0 Å². The fraction of sp³-hybridized carbons (Fsp3) is 0.257. The van der Waals surface area contributed by atoms with Crippen LogP contribution in [0, 0.1) is 11.8 Å². The van der Waals surface area contributed by atoms with Crippen LogP contribution in [0.5, 0.6) is 0 Å². The highest BCUT2D eigenvalue weighted by molar-refractivity contribution is 5.87. The molecule has 0 aliphatic heterocycles. The second-order valence-corrected chi connectivity index (χ2v) is 10.5. The Morgan fingerprint density at radius 2 is 0.974 bits per heavy atom. The molecule has 4 aromatic carbocycles. The topological polar surface area (TPSA) is 52.6 Å². The average Bonchev–Trinajstić information content (AvgIpc) is 3.26. The van der Waals surface area contributed by atoms with Crippen molar-refractivity contribution in [1.82, 2.24) is 0 Å². The normalized spacial score (nSPS) is 14.6. The zero-order valence-corrected chi connectivity index (χ0v) is 22.9. The lowest BCUT2D eigenvalue weighted by atomic mass is 9.65. The molecule has 4 aromatic rings. The minimum atomic E-state index is -0.571. The number of fused-ring (bicyclic) bond motifs is 3. The highest BCUT2D eigenvalue weighted by Crippen LogP contribution is 2.57. The van der Waals surface area contributed by atoms with Crippen LogP contribution >= 0.6 is 0 Å². The molecule has 0 radical (unpaired) electrons. The SMILES string of the molecule is COC(=O)C(C)Cc1ccccc1-c1ccccc1C1(CC(C)C(=O)OC)c2ccccc2-c2ccccc21. The van der Waals surface area contributed by atoms with Crippen molar-refractivity contribution in [3.8, 4) is 22.3 Å². The van der Waals surface area contributed by atoms with Crippen LogP contribution in [0.25, 0.3) is 22.3 Å². The number of hydrogen-bond acceptors (Lipinski definition) is 4. The van der Waals surface area contributed by atoms with E-state index in [1.54, 1.807) is 0 Å². The summed E-state index contributed by atoms with van der Waals surface area (Å²) in [4.78, 5) is 25.2. The van der Waals surface area contributed by atoms with E-state index in [0.717, 1.165) is 22.3 Å². The molecule has 2 unspecified atom stereocenters. The van der Waals surface area contributed by atoms with E-state index in [-0.39, 0.29) is 23.8 Å². The molecule has 0 saturated heterocycles.